The molecule has 86 heavy (non-hydrogen) atoms. The molecule has 0 aromatic heterocycles. The first-order chi connectivity index (χ1) is 40.7. The number of nitrogens with one attached hydrogen (secondary N) is 4. The number of epoxide rings is 1. The number of ether oxygens (including phenoxy) is 6. The summed E-state index contributed by atoms with van der Waals surface area (Å²) in [7, 11) is 5.78. The second-order valence-corrected chi connectivity index (χ2v) is 23.9. The maximum Gasteiger partial charge on any atom is 0.328 e. The Hall–Kier alpha value is -7.08. The number of hydrogen-bond acceptors (Lipinski definition) is 16. The highest BCUT2D eigenvalue weighted by Crippen LogP contribution is 2.50. The molecule has 472 valence electrons. The summed E-state index contributed by atoms with van der Waals surface area (Å²) in [6, 6.07) is 5.13. The number of likely N-dealkylation sites (N-methyl/N-ethyl adjacent to an activating group) is 1. The van der Waals surface area contributed by atoms with E-state index in [1.54, 1.807) is 64.1 Å². The molecular formula is C62H86ClN7O16. The van der Waals surface area contributed by atoms with Gasteiger partial charge in [0, 0.05) is 46.5 Å². The third-order valence-electron chi connectivity index (χ3n) is 16.7. The van der Waals surface area contributed by atoms with Crippen LogP contribution in [0.5, 0.6) is 5.75 Å². The highest BCUT2D eigenvalue weighted by Gasteiger charge is 2.64. The van der Waals surface area contributed by atoms with E-state index in [9.17, 15) is 48.3 Å². The minimum atomic E-state index is -1.68. The largest absolute Gasteiger partial charge is 0.495 e. The molecule has 3 heterocycles. The standard InChI is InChI=1S/C62H86ClN7O16/c1-35(2)53(68-49(71)26-12-11-15-28-83-59(78)40-20-17-21-40)56(75)67-43(24-18-27-65-60(64)79)55(74)66-42-23-14-13-22-41(42)57(76)69(7)38(5)58(77)85-48-32-50(72)70(8)44-30-39(31-45(81-9)52(44)63)29-36(3)19-16-25-47(82-10)62(80)33-46(84-51(73)34-62)37(4)54-61(48,6)86-54/h13-14,16,19,22-23,25,30-31,35,37-38,40,43,46-48,53-54,80H,11-12,15,17-18,20-21,24,26-29,32-34H2,1-10H3,(H,66,74)(H,67,75)(H,68,71)(H3,64,65,79)/b25-16+,36-19+/t37-,38+,43+,46+,47-,48+,53+,54+,61+,62-/m1/s1. The lowest BCUT2D eigenvalue weighted by Crippen LogP contribution is -2.54. The van der Waals surface area contributed by atoms with Crippen molar-refractivity contribution >= 4 is 76.5 Å². The fraction of sp³-hybridized carbons (Fsp3) is 0.597. The number of carbonyl (C=O) groups excluding carboxylic acids is 9. The van der Waals surface area contributed by atoms with E-state index in [-0.39, 0.29) is 79.3 Å². The van der Waals surface area contributed by atoms with Crippen LogP contribution in [0.15, 0.2) is 60.2 Å². The summed E-state index contributed by atoms with van der Waals surface area (Å²) < 4.78 is 35.2. The van der Waals surface area contributed by atoms with Crippen molar-refractivity contribution in [2.75, 3.05) is 51.7 Å². The first-order valence-electron chi connectivity index (χ1n) is 29.5. The lowest BCUT2D eigenvalue weighted by Gasteiger charge is -2.41. The van der Waals surface area contributed by atoms with Gasteiger partial charge >= 0.3 is 23.9 Å². The monoisotopic (exact) mass is 1220 g/mol. The molecule has 4 aliphatic rings. The number of primary amides is 1. The van der Waals surface area contributed by atoms with Crippen molar-refractivity contribution in [3.05, 3.63) is 76.3 Å². The van der Waals surface area contributed by atoms with E-state index in [0.717, 1.165) is 35.3 Å². The number of allylic oxidation sites excluding steroid dienone is 3. The number of nitrogens with zero attached hydrogens (tertiary/aromatic N) is 2. The number of amides is 7. The maximum atomic E-state index is 14.6. The van der Waals surface area contributed by atoms with Gasteiger partial charge in [0.25, 0.3) is 5.91 Å². The van der Waals surface area contributed by atoms with Crippen LogP contribution in [0.2, 0.25) is 5.02 Å². The lowest BCUT2D eigenvalue weighted by atomic mass is 9.78. The highest BCUT2D eigenvalue weighted by molar-refractivity contribution is 6.35. The molecule has 10 atom stereocenters. The average Bonchev–Trinajstić information content (AvgIpc) is 1.79. The number of aliphatic hydroxyl groups is 1. The van der Waals surface area contributed by atoms with Crippen molar-refractivity contribution in [1.82, 2.24) is 20.9 Å². The Kier molecular flexibility index (Phi) is 24.1. The fourth-order valence-electron chi connectivity index (χ4n) is 10.9. The number of para-hydroxylation sites is 1. The van der Waals surface area contributed by atoms with Gasteiger partial charge in [-0.15, -0.1) is 0 Å². The average molecular weight is 1220 g/mol. The summed E-state index contributed by atoms with van der Waals surface area (Å²) in [6.07, 6.45) is 5.64. The van der Waals surface area contributed by atoms with Gasteiger partial charge in [-0.25, -0.2) is 9.59 Å². The van der Waals surface area contributed by atoms with Crippen LogP contribution in [0, 0.1) is 17.8 Å². The molecule has 2 saturated heterocycles. The van der Waals surface area contributed by atoms with Gasteiger partial charge in [-0.2, -0.15) is 0 Å². The second kappa shape index (κ2) is 30.5. The Labute approximate surface area is 508 Å². The number of carbonyl (C=O) groups is 9. The van der Waals surface area contributed by atoms with Crippen LogP contribution in [0.3, 0.4) is 0 Å². The normalized spacial score (nSPS) is 25.2. The number of rotatable bonds is 23. The van der Waals surface area contributed by atoms with Crippen LogP contribution in [-0.4, -0.2) is 159 Å². The molecule has 3 fully saturated rings. The molecule has 24 heteroatoms. The SMILES string of the molecule is COc1cc2cc(c1Cl)N(C)C(=O)C[C@H](OC(=O)[C@H](C)N(C)C(=O)c1ccccc1NC(=O)[C@H](CCCNC(N)=O)NC(=O)[C@@H](NC(=O)CCCCCOC(=O)C1CCC1)C(C)C)[C@]1(C)O[C@H]1[C@H](C)[C@@H]1C[C@@](O)(CC(=O)O1)[C@H](OC)/C=C/C=C(\C)C2. The third-order valence-corrected chi connectivity index (χ3v) is 17.1. The molecule has 7 amide bonds. The van der Waals surface area contributed by atoms with Crippen molar-refractivity contribution in [2.45, 2.75) is 179 Å². The Morgan fingerprint density at radius 1 is 0.988 bits per heavy atom. The van der Waals surface area contributed by atoms with Gasteiger partial charge in [0.15, 0.2) is 0 Å². The van der Waals surface area contributed by atoms with Gasteiger partial charge in [0.2, 0.25) is 23.6 Å². The highest BCUT2D eigenvalue weighted by atomic mass is 35.5. The lowest BCUT2D eigenvalue weighted by molar-refractivity contribution is -0.187. The summed E-state index contributed by atoms with van der Waals surface area (Å²) in [5.74, 6) is -5.53. The van der Waals surface area contributed by atoms with E-state index in [1.807, 2.05) is 13.0 Å². The fourth-order valence-corrected chi connectivity index (χ4v) is 11.3. The minimum absolute atomic E-state index is 0.00658. The van der Waals surface area contributed by atoms with Crippen molar-refractivity contribution in [1.29, 1.82) is 0 Å². The van der Waals surface area contributed by atoms with Crippen LogP contribution < -0.4 is 36.6 Å². The van der Waals surface area contributed by atoms with Crippen LogP contribution >= 0.6 is 11.6 Å². The predicted molar refractivity (Wildman–Crippen MR) is 319 cm³/mol. The van der Waals surface area contributed by atoms with E-state index in [4.69, 9.17) is 45.8 Å². The van der Waals surface area contributed by atoms with Gasteiger partial charge in [0.05, 0.1) is 55.5 Å². The van der Waals surface area contributed by atoms with Crippen molar-refractivity contribution in [2.24, 2.45) is 23.5 Å². The van der Waals surface area contributed by atoms with Gasteiger partial charge in [-0.1, -0.05) is 74.7 Å². The molecule has 0 spiro atoms. The molecular weight excluding hydrogens is 1130 g/mol. The topological polar surface area (TPSA) is 313 Å². The number of benzene rings is 2. The van der Waals surface area contributed by atoms with Crippen molar-refractivity contribution in [3.8, 4) is 5.75 Å². The van der Waals surface area contributed by atoms with Crippen molar-refractivity contribution < 1.29 is 76.7 Å². The summed E-state index contributed by atoms with van der Waals surface area (Å²) in [5, 5.41) is 23.0. The van der Waals surface area contributed by atoms with E-state index in [1.165, 1.54) is 52.3 Å². The van der Waals surface area contributed by atoms with Gasteiger partial charge in [-0.05, 0) is 108 Å². The first-order valence-corrected chi connectivity index (χ1v) is 29.9. The Balaban J connectivity index is 1.19. The Bertz CT molecular complexity index is 2880. The molecule has 1 saturated carbocycles. The van der Waals surface area contributed by atoms with Crippen LogP contribution in [-0.2, 0) is 63.7 Å². The van der Waals surface area contributed by atoms with Gasteiger partial charge < -0.3 is 70.3 Å². The number of hydrogen-bond donors (Lipinski definition) is 6. The predicted octanol–water partition coefficient (Wildman–Crippen LogP) is 5.99. The molecule has 4 bridgehead atoms. The number of nitrogens with two attached hydrogens (primary N) is 1. The quantitative estimate of drug-likeness (QED) is 0.0322. The van der Waals surface area contributed by atoms with Gasteiger partial charge in [-0.3, -0.25) is 33.6 Å². The zero-order valence-corrected chi connectivity index (χ0v) is 51.8. The molecule has 0 unspecified atom stereocenters. The number of esters is 3. The van der Waals surface area contributed by atoms with Crippen LogP contribution in [0.25, 0.3) is 0 Å². The molecule has 3 aliphatic heterocycles. The van der Waals surface area contributed by atoms with E-state index in [0.29, 0.717) is 37.1 Å². The third kappa shape index (κ3) is 17.6. The molecule has 23 nitrogen and oxygen atoms in total. The van der Waals surface area contributed by atoms with E-state index >= 15 is 0 Å². The number of methoxy groups -OCH3 is 2. The zero-order valence-electron chi connectivity index (χ0n) is 51.0. The number of anilines is 2. The first kappa shape index (κ1) is 68.0. The summed E-state index contributed by atoms with van der Waals surface area (Å²) in [5.41, 5.74) is 4.15. The maximum absolute atomic E-state index is 14.6. The molecule has 0 radical (unpaired) electrons. The molecule has 2 aromatic rings. The Morgan fingerprint density at radius 3 is 2.37 bits per heavy atom. The second-order valence-electron chi connectivity index (χ2n) is 23.6. The number of halogens is 1. The smallest absolute Gasteiger partial charge is 0.328 e. The van der Waals surface area contributed by atoms with Crippen LogP contribution in [0.1, 0.15) is 135 Å². The molecule has 6 rings (SSSR count). The summed E-state index contributed by atoms with van der Waals surface area (Å²) in [6.45, 7) is 10.6. The number of fused-ring (bicyclic) bond motifs is 5. The molecule has 2 aromatic carbocycles. The number of urea groups is 1. The summed E-state index contributed by atoms with van der Waals surface area (Å²) in [4.78, 5) is 124. The Morgan fingerprint density at radius 2 is 1.71 bits per heavy atom. The minimum Gasteiger partial charge on any atom is -0.495 e. The van der Waals surface area contributed by atoms with Crippen molar-refractivity contribution in [3.63, 3.8) is 0 Å². The molecule has 7 N–H and O–H groups in total. The van der Waals surface area contributed by atoms with E-state index < -0.39 is 114 Å². The van der Waals surface area contributed by atoms with E-state index in [2.05, 4.69) is 21.3 Å². The zero-order chi connectivity index (χ0) is 63.2. The summed E-state index contributed by atoms with van der Waals surface area (Å²) >= 11 is 6.87. The molecule has 1 aliphatic carbocycles. The number of unbranched alkanes of at least 4 members (excludes halogenated alkanes) is 2. The van der Waals surface area contributed by atoms with Gasteiger partial charge in [0.1, 0.15) is 58.4 Å². The van der Waals surface area contributed by atoms with Crippen LogP contribution in [0.4, 0.5) is 16.2 Å².